The Hall–Kier alpha value is -3.53. The largest absolute Gasteiger partial charge is 0.497 e. The monoisotopic (exact) mass is 354 g/mol. The van der Waals surface area contributed by atoms with E-state index in [1.807, 2.05) is 30.5 Å². The summed E-state index contributed by atoms with van der Waals surface area (Å²) in [4.78, 5) is 8.25. The zero-order valence-corrected chi connectivity index (χ0v) is 15.1. The fourth-order valence-corrected chi connectivity index (χ4v) is 3.73. The molecule has 5 rings (SSSR count). The van der Waals surface area contributed by atoms with Crippen LogP contribution in [-0.2, 0) is 0 Å². The first-order chi connectivity index (χ1) is 13.3. The second-order valence-corrected chi connectivity index (χ2v) is 6.51. The highest BCUT2D eigenvalue weighted by molar-refractivity contribution is 6.13. The van der Waals surface area contributed by atoms with Crippen LogP contribution in [0.4, 0.5) is 0 Å². The van der Waals surface area contributed by atoms with Crippen molar-refractivity contribution in [1.29, 1.82) is 0 Å². The summed E-state index contributed by atoms with van der Waals surface area (Å²) in [6, 6.07) is 20.5. The minimum Gasteiger partial charge on any atom is -0.497 e. The molecule has 0 aliphatic carbocycles. The molecule has 0 atom stereocenters. The van der Waals surface area contributed by atoms with Crippen molar-refractivity contribution < 1.29 is 9.47 Å². The lowest BCUT2D eigenvalue weighted by Crippen LogP contribution is -1.88. The second-order valence-electron chi connectivity index (χ2n) is 6.51. The van der Waals surface area contributed by atoms with Crippen LogP contribution in [0, 0.1) is 0 Å². The maximum absolute atomic E-state index is 5.39. The predicted molar refractivity (Wildman–Crippen MR) is 110 cm³/mol. The molecule has 1 N–H and O–H groups in total. The number of ether oxygens (including phenoxy) is 2. The van der Waals surface area contributed by atoms with Gasteiger partial charge in [-0.2, -0.15) is 0 Å². The predicted octanol–water partition coefficient (Wildman–Crippen LogP) is 5.55. The van der Waals surface area contributed by atoms with Crippen LogP contribution in [0.15, 0.2) is 66.9 Å². The zero-order valence-electron chi connectivity index (χ0n) is 15.1. The number of aromatic nitrogens is 2. The first-order valence-corrected chi connectivity index (χ1v) is 8.80. The SMILES string of the molecule is COc1ccc2c(-c3nccc4c3[nH]c3ccc(OC)cc34)cccc2c1. The van der Waals surface area contributed by atoms with Crippen molar-refractivity contribution in [3.63, 3.8) is 0 Å². The molecule has 0 radical (unpaired) electrons. The molecule has 4 heteroatoms. The summed E-state index contributed by atoms with van der Waals surface area (Å²) in [5.41, 5.74) is 4.14. The number of rotatable bonds is 3. The van der Waals surface area contributed by atoms with Gasteiger partial charge >= 0.3 is 0 Å². The Balaban J connectivity index is 1.82. The van der Waals surface area contributed by atoms with Crippen LogP contribution in [0.3, 0.4) is 0 Å². The topological polar surface area (TPSA) is 47.1 Å². The third kappa shape index (κ3) is 2.41. The molecule has 0 aliphatic heterocycles. The van der Waals surface area contributed by atoms with Gasteiger partial charge in [-0.15, -0.1) is 0 Å². The fraction of sp³-hybridized carbons (Fsp3) is 0.0870. The molecule has 0 bridgehead atoms. The molecule has 5 aromatic rings. The van der Waals surface area contributed by atoms with Crippen LogP contribution < -0.4 is 9.47 Å². The molecule has 27 heavy (non-hydrogen) atoms. The first-order valence-electron chi connectivity index (χ1n) is 8.80. The molecule has 2 aromatic heterocycles. The van der Waals surface area contributed by atoms with E-state index in [0.29, 0.717) is 0 Å². The Morgan fingerprint density at radius 3 is 2.44 bits per heavy atom. The summed E-state index contributed by atoms with van der Waals surface area (Å²) < 4.78 is 10.8. The number of nitrogens with one attached hydrogen (secondary N) is 1. The van der Waals surface area contributed by atoms with Gasteiger partial charge in [0.1, 0.15) is 11.5 Å². The number of fused-ring (bicyclic) bond motifs is 4. The van der Waals surface area contributed by atoms with Crippen LogP contribution in [-0.4, -0.2) is 24.2 Å². The maximum atomic E-state index is 5.39. The maximum Gasteiger partial charge on any atom is 0.119 e. The van der Waals surface area contributed by atoms with E-state index in [-0.39, 0.29) is 0 Å². The van der Waals surface area contributed by atoms with E-state index in [1.54, 1.807) is 14.2 Å². The summed E-state index contributed by atoms with van der Waals surface area (Å²) in [5.74, 6) is 1.70. The Morgan fingerprint density at radius 1 is 0.778 bits per heavy atom. The van der Waals surface area contributed by atoms with E-state index < -0.39 is 0 Å². The summed E-state index contributed by atoms with van der Waals surface area (Å²) in [6.45, 7) is 0. The number of benzene rings is 3. The van der Waals surface area contributed by atoms with Gasteiger partial charge in [0.15, 0.2) is 0 Å². The summed E-state index contributed by atoms with van der Waals surface area (Å²) >= 11 is 0. The van der Waals surface area contributed by atoms with Gasteiger partial charge in [0.05, 0.1) is 25.4 Å². The second kappa shape index (κ2) is 6.02. The lowest BCUT2D eigenvalue weighted by atomic mass is 10.00. The number of pyridine rings is 1. The molecule has 0 saturated heterocycles. The van der Waals surface area contributed by atoms with Crippen molar-refractivity contribution in [2.24, 2.45) is 0 Å². The van der Waals surface area contributed by atoms with Crippen LogP contribution in [0.2, 0.25) is 0 Å². The van der Waals surface area contributed by atoms with Crippen LogP contribution in [0.25, 0.3) is 43.8 Å². The van der Waals surface area contributed by atoms with Crippen LogP contribution in [0.1, 0.15) is 0 Å². The molecular formula is C23H18N2O2. The lowest BCUT2D eigenvalue weighted by Gasteiger charge is -2.09. The third-order valence-corrected chi connectivity index (χ3v) is 5.07. The molecule has 0 aliphatic rings. The average molecular weight is 354 g/mol. The van der Waals surface area contributed by atoms with Crippen molar-refractivity contribution in [1.82, 2.24) is 9.97 Å². The highest BCUT2D eigenvalue weighted by Gasteiger charge is 2.13. The molecule has 0 fully saturated rings. The highest BCUT2D eigenvalue weighted by Crippen LogP contribution is 2.36. The first kappa shape index (κ1) is 15.7. The molecule has 0 spiro atoms. The van der Waals surface area contributed by atoms with E-state index in [0.717, 1.165) is 55.3 Å². The van der Waals surface area contributed by atoms with Crippen LogP contribution >= 0.6 is 0 Å². The number of hydrogen-bond donors (Lipinski definition) is 1. The molecule has 132 valence electrons. The van der Waals surface area contributed by atoms with Gasteiger partial charge in [-0.05, 0) is 47.2 Å². The Bertz CT molecular complexity index is 1300. The van der Waals surface area contributed by atoms with Gasteiger partial charge in [-0.1, -0.05) is 24.3 Å². The quantitative estimate of drug-likeness (QED) is 0.462. The normalized spacial score (nSPS) is 11.3. The van der Waals surface area contributed by atoms with Gasteiger partial charge in [-0.3, -0.25) is 4.98 Å². The molecular weight excluding hydrogens is 336 g/mol. The molecule has 0 amide bonds. The smallest absolute Gasteiger partial charge is 0.119 e. The minimum absolute atomic E-state index is 0.846. The Morgan fingerprint density at radius 2 is 1.59 bits per heavy atom. The van der Waals surface area contributed by atoms with Gasteiger partial charge in [0.25, 0.3) is 0 Å². The van der Waals surface area contributed by atoms with E-state index >= 15 is 0 Å². The van der Waals surface area contributed by atoms with Gasteiger partial charge in [0, 0.05) is 28.0 Å². The minimum atomic E-state index is 0.846. The third-order valence-electron chi connectivity index (χ3n) is 5.07. The van der Waals surface area contributed by atoms with Crippen LogP contribution in [0.5, 0.6) is 11.5 Å². The fourth-order valence-electron chi connectivity index (χ4n) is 3.73. The summed E-state index contributed by atoms with van der Waals surface area (Å²) in [5, 5.41) is 4.55. The summed E-state index contributed by atoms with van der Waals surface area (Å²) in [7, 11) is 3.37. The van der Waals surface area contributed by atoms with Gasteiger partial charge in [0.2, 0.25) is 0 Å². The number of hydrogen-bond acceptors (Lipinski definition) is 3. The van der Waals surface area contributed by atoms with E-state index in [1.165, 1.54) is 0 Å². The molecule has 0 saturated carbocycles. The van der Waals surface area contributed by atoms with Gasteiger partial charge in [-0.25, -0.2) is 0 Å². The van der Waals surface area contributed by atoms with Crippen molar-refractivity contribution in [2.75, 3.05) is 14.2 Å². The Labute approximate surface area is 156 Å². The molecule has 2 heterocycles. The van der Waals surface area contributed by atoms with Crippen molar-refractivity contribution in [3.05, 3.63) is 66.9 Å². The highest BCUT2D eigenvalue weighted by atomic mass is 16.5. The zero-order chi connectivity index (χ0) is 18.4. The van der Waals surface area contributed by atoms with Crippen molar-refractivity contribution >= 4 is 32.6 Å². The number of methoxy groups -OCH3 is 2. The molecule has 4 nitrogen and oxygen atoms in total. The van der Waals surface area contributed by atoms with Crippen molar-refractivity contribution in [2.45, 2.75) is 0 Å². The van der Waals surface area contributed by atoms with Gasteiger partial charge < -0.3 is 14.5 Å². The molecule has 0 unspecified atom stereocenters. The average Bonchev–Trinajstić information content (AvgIpc) is 3.10. The number of nitrogens with zero attached hydrogens (tertiary/aromatic N) is 1. The van der Waals surface area contributed by atoms with E-state index in [4.69, 9.17) is 14.5 Å². The standard InChI is InChI=1S/C23H18N2O2/c1-26-15-6-8-17-14(12-15)4-3-5-18(17)22-23-19(10-11-24-22)20-13-16(27-2)7-9-21(20)25-23/h3-13,25H,1-2H3. The number of H-pyrrole nitrogens is 1. The lowest BCUT2D eigenvalue weighted by molar-refractivity contribution is 0.415. The van der Waals surface area contributed by atoms with E-state index in [9.17, 15) is 0 Å². The Kier molecular flexibility index (Phi) is 3.50. The molecule has 3 aromatic carbocycles. The summed E-state index contributed by atoms with van der Waals surface area (Å²) in [6.07, 6.45) is 1.87. The number of aromatic amines is 1. The van der Waals surface area contributed by atoms with Crippen molar-refractivity contribution in [3.8, 4) is 22.8 Å². The van der Waals surface area contributed by atoms with E-state index in [2.05, 4.69) is 41.4 Å².